The van der Waals surface area contributed by atoms with Crippen LogP contribution in [-0.4, -0.2) is 32.1 Å². The molecule has 0 fully saturated rings. The second-order valence-corrected chi connectivity index (χ2v) is 6.31. The van der Waals surface area contributed by atoms with Crippen molar-refractivity contribution in [1.82, 2.24) is 15.6 Å². The summed E-state index contributed by atoms with van der Waals surface area (Å²) in [6, 6.07) is 12.1. The molecule has 2 heterocycles. The molecule has 0 saturated heterocycles. The summed E-state index contributed by atoms with van der Waals surface area (Å²) in [5.41, 5.74) is 3.18. The Kier molecular flexibility index (Phi) is 7.46. The number of aryl methyl sites for hydroxylation is 1. The van der Waals surface area contributed by atoms with Crippen molar-refractivity contribution in [2.75, 3.05) is 26.0 Å². The predicted molar refractivity (Wildman–Crippen MR) is 122 cm³/mol. The molecule has 1 aromatic carbocycles. The Hall–Kier alpha value is -2.29. The molecule has 27 heavy (non-hydrogen) atoms. The Bertz CT molecular complexity index is 920. The monoisotopic (exact) mass is 479 g/mol. The molecule has 0 aliphatic heterocycles. The highest BCUT2D eigenvalue weighted by Crippen LogP contribution is 2.24. The first kappa shape index (κ1) is 21.0. The number of halogens is 1. The Morgan fingerprint density at radius 3 is 2.56 bits per heavy atom. The fourth-order valence-corrected chi connectivity index (χ4v) is 2.93. The highest BCUT2D eigenvalue weighted by Gasteiger charge is 2.11. The van der Waals surface area contributed by atoms with E-state index in [1.54, 1.807) is 13.2 Å². The van der Waals surface area contributed by atoms with Crippen LogP contribution in [0.4, 0.5) is 5.82 Å². The van der Waals surface area contributed by atoms with Crippen LogP contribution in [0.1, 0.15) is 16.9 Å². The van der Waals surface area contributed by atoms with Gasteiger partial charge in [-0.2, -0.15) is 0 Å². The second-order valence-electron chi connectivity index (χ2n) is 6.31. The lowest BCUT2D eigenvalue weighted by atomic mass is 10.1. The summed E-state index contributed by atoms with van der Waals surface area (Å²) in [4.78, 5) is 10.7. The van der Waals surface area contributed by atoms with Gasteiger partial charge in [-0.25, -0.2) is 4.98 Å². The van der Waals surface area contributed by atoms with Crippen LogP contribution in [0.15, 0.2) is 52.0 Å². The Labute approximate surface area is 177 Å². The fourth-order valence-electron chi connectivity index (χ4n) is 2.93. The molecule has 3 rings (SSSR count). The zero-order chi connectivity index (χ0) is 18.5. The standard InChI is InChI=1S/C20H25N5O.HI/c1-14-16-9-5-6-10-17(16)26-18(14)13-24-20(21-2)23-12-15-8-7-11-22-19(15)25(3)4;/h5-11H,12-13H2,1-4H3,(H2,21,23,24);1H. The van der Waals surface area contributed by atoms with Gasteiger partial charge in [-0.1, -0.05) is 24.3 Å². The minimum absolute atomic E-state index is 0. The van der Waals surface area contributed by atoms with Gasteiger partial charge in [0.1, 0.15) is 17.2 Å². The molecule has 2 aromatic heterocycles. The van der Waals surface area contributed by atoms with E-state index >= 15 is 0 Å². The van der Waals surface area contributed by atoms with Crippen LogP contribution < -0.4 is 15.5 Å². The van der Waals surface area contributed by atoms with Crippen molar-refractivity contribution in [2.45, 2.75) is 20.0 Å². The van der Waals surface area contributed by atoms with Crippen LogP contribution in [0.5, 0.6) is 0 Å². The highest BCUT2D eigenvalue weighted by molar-refractivity contribution is 14.0. The van der Waals surface area contributed by atoms with Gasteiger partial charge in [0.2, 0.25) is 0 Å². The summed E-state index contributed by atoms with van der Waals surface area (Å²) in [7, 11) is 5.74. The Morgan fingerprint density at radius 2 is 1.85 bits per heavy atom. The lowest BCUT2D eigenvalue weighted by molar-refractivity contribution is 0.534. The third-order valence-corrected chi connectivity index (χ3v) is 4.32. The summed E-state index contributed by atoms with van der Waals surface area (Å²) in [6.07, 6.45) is 1.80. The molecule has 6 nitrogen and oxygen atoms in total. The minimum Gasteiger partial charge on any atom is -0.459 e. The number of nitrogens with one attached hydrogen (secondary N) is 2. The molecule has 7 heteroatoms. The van der Waals surface area contributed by atoms with Crippen LogP contribution in [-0.2, 0) is 13.1 Å². The van der Waals surface area contributed by atoms with Crippen molar-refractivity contribution in [3.05, 3.63) is 59.5 Å². The first-order chi connectivity index (χ1) is 12.6. The van der Waals surface area contributed by atoms with Crippen LogP contribution in [0, 0.1) is 6.92 Å². The SMILES string of the molecule is CN=C(NCc1cccnc1N(C)C)NCc1oc2ccccc2c1C.I. The predicted octanol–water partition coefficient (Wildman–Crippen LogP) is 3.69. The molecule has 0 spiro atoms. The number of hydrogen-bond donors (Lipinski definition) is 2. The molecule has 2 N–H and O–H groups in total. The average molecular weight is 479 g/mol. The number of rotatable bonds is 5. The maximum Gasteiger partial charge on any atom is 0.191 e. The van der Waals surface area contributed by atoms with E-state index in [2.05, 4.69) is 39.7 Å². The second kappa shape index (κ2) is 9.59. The molecular formula is C20H26IN5O. The fraction of sp³-hybridized carbons (Fsp3) is 0.300. The molecule has 3 aromatic rings. The zero-order valence-electron chi connectivity index (χ0n) is 16.1. The van der Waals surface area contributed by atoms with Crippen LogP contribution in [0.25, 0.3) is 11.0 Å². The largest absolute Gasteiger partial charge is 0.459 e. The van der Waals surface area contributed by atoms with Gasteiger partial charge in [-0.15, -0.1) is 24.0 Å². The lowest BCUT2D eigenvalue weighted by Gasteiger charge is -2.17. The molecule has 0 radical (unpaired) electrons. The summed E-state index contributed by atoms with van der Waals surface area (Å²) in [6.45, 7) is 3.30. The molecule has 0 amide bonds. The van der Waals surface area contributed by atoms with E-state index < -0.39 is 0 Å². The first-order valence-electron chi connectivity index (χ1n) is 8.63. The maximum atomic E-state index is 5.95. The molecule has 0 aliphatic carbocycles. The van der Waals surface area contributed by atoms with Crippen molar-refractivity contribution < 1.29 is 4.42 Å². The number of nitrogens with zero attached hydrogens (tertiary/aromatic N) is 3. The van der Waals surface area contributed by atoms with E-state index in [9.17, 15) is 0 Å². The van der Waals surface area contributed by atoms with E-state index in [0.717, 1.165) is 39.6 Å². The number of aliphatic imine (C=N–C) groups is 1. The number of aromatic nitrogens is 1. The van der Waals surface area contributed by atoms with Crippen molar-refractivity contribution >= 4 is 46.7 Å². The molecule has 0 atom stereocenters. The number of para-hydroxylation sites is 1. The van der Waals surface area contributed by atoms with Crippen molar-refractivity contribution in [3.8, 4) is 0 Å². The molecule has 0 aliphatic rings. The number of anilines is 1. The van der Waals surface area contributed by atoms with Gasteiger partial charge in [-0.3, -0.25) is 4.99 Å². The van der Waals surface area contributed by atoms with Gasteiger partial charge in [-0.05, 0) is 19.1 Å². The normalized spacial score (nSPS) is 11.2. The van der Waals surface area contributed by atoms with Crippen LogP contribution in [0.2, 0.25) is 0 Å². The molecule has 0 bridgehead atoms. The number of hydrogen-bond acceptors (Lipinski definition) is 4. The first-order valence-corrected chi connectivity index (χ1v) is 8.63. The van der Waals surface area contributed by atoms with E-state index in [-0.39, 0.29) is 24.0 Å². The number of furan rings is 1. The number of guanidine groups is 1. The molecule has 144 valence electrons. The summed E-state index contributed by atoms with van der Waals surface area (Å²) < 4.78 is 5.95. The summed E-state index contributed by atoms with van der Waals surface area (Å²) >= 11 is 0. The van der Waals surface area contributed by atoms with Crippen LogP contribution in [0.3, 0.4) is 0 Å². The van der Waals surface area contributed by atoms with Crippen molar-refractivity contribution in [3.63, 3.8) is 0 Å². The van der Waals surface area contributed by atoms with E-state index in [0.29, 0.717) is 13.1 Å². The van der Waals surface area contributed by atoms with Crippen LogP contribution >= 0.6 is 24.0 Å². The Balaban J connectivity index is 0.00000261. The average Bonchev–Trinajstić information content (AvgIpc) is 2.98. The van der Waals surface area contributed by atoms with Gasteiger partial charge in [0, 0.05) is 50.4 Å². The van der Waals surface area contributed by atoms with Gasteiger partial charge >= 0.3 is 0 Å². The topological polar surface area (TPSA) is 65.7 Å². The molecule has 0 saturated carbocycles. The third kappa shape index (κ3) is 4.91. The van der Waals surface area contributed by atoms with Crippen molar-refractivity contribution in [2.24, 2.45) is 4.99 Å². The minimum atomic E-state index is 0. The van der Waals surface area contributed by atoms with E-state index in [4.69, 9.17) is 4.42 Å². The number of fused-ring (bicyclic) bond motifs is 1. The quantitative estimate of drug-likeness (QED) is 0.332. The number of pyridine rings is 1. The van der Waals surface area contributed by atoms with Crippen molar-refractivity contribution in [1.29, 1.82) is 0 Å². The van der Waals surface area contributed by atoms with E-state index in [1.165, 1.54) is 0 Å². The summed E-state index contributed by atoms with van der Waals surface area (Å²) in [5, 5.41) is 7.80. The molecular weight excluding hydrogens is 453 g/mol. The Morgan fingerprint density at radius 1 is 1.11 bits per heavy atom. The molecule has 0 unspecified atom stereocenters. The van der Waals surface area contributed by atoms with E-state index in [1.807, 2.05) is 43.3 Å². The number of benzene rings is 1. The zero-order valence-corrected chi connectivity index (χ0v) is 18.4. The maximum absolute atomic E-state index is 5.95. The lowest BCUT2D eigenvalue weighted by Crippen LogP contribution is -2.36. The van der Waals surface area contributed by atoms with Gasteiger partial charge in [0.15, 0.2) is 5.96 Å². The third-order valence-electron chi connectivity index (χ3n) is 4.32. The van der Waals surface area contributed by atoms with Gasteiger partial charge < -0.3 is 20.0 Å². The summed E-state index contributed by atoms with van der Waals surface area (Å²) in [5.74, 6) is 2.59. The van der Waals surface area contributed by atoms with Gasteiger partial charge in [0.05, 0.1) is 6.54 Å². The highest BCUT2D eigenvalue weighted by atomic mass is 127. The van der Waals surface area contributed by atoms with Gasteiger partial charge in [0.25, 0.3) is 0 Å². The smallest absolute Gasteiger partial charge is 0.191 e.